The van der Waals surface area contributed by atoms with Crippen LogP contribution in [0.15, 0.2) is 60.8 Å². The van der Waals surface area contributed by atoms with Gasteiger partial charge in [-0.1, -0.05) is 24.3 Å². The molecule has 0 spiro atoms. The van der Waals surface area contributed by atoms with Gasteiger partial charge >= 0.3 is 0 Å². The van der Waals surface area contributed by atoms with Crippen molar-refractivity contribution in [2.24, 2.45) is 7.05 Å². The number of amides is 3. The standard InChI is InChI=1S/C23H25N5O6/c1-28-18(10-11-25-28)14-24-22(31)20(23(32)27-33)26-21(30)17-4-2-15(3-5-17)16-6-8-19(9-7-16)34-13-12-29/h2-11,20,29,33H,12-14H2,1H3,(H,24,31)(H,26,30)(H,27,32). The van der Waals surface area contributed by atoms with Crippen LogP contribution in [0.5, 0.6) is 5.75 Å². The summed E-state index contributed by atoms with van der Waals surface area (Å²) in [7, 11) is 1.70. The monoisotopic (exact) mass is 467 g/mol. The highest BCUT2D eigenvalue weighted by Crippen LogP contribution is 2.23. The van der Waals surface area contributed by atoms with Crippen molar-refractivity contribution < 1.29 is 29.4 Å². The molecule has 1 aromatic heterocycles. The number of nitrogens with one attached hydrogen (secondary N) is 3. The van der Waals surface area contributed by atoms with Crippen LogP contribution in [0.25, 0.3) is 11.1 Å². The Morgan fingerprint density at radius 2 is 1.65 bits per heavy atom. The van der Waals surface area contributed by atoms with Crippen molar-refractivity contribution in [1.29, 1.82) is 0 Å². The molecule has 3 aromatic rings. The molecule has 3 amide bonds. The van der Waals surface area contributed by atoms with Gasteiger partial charge in [0.25, 0.3) is 17.7 Å². The average Bonchev–Trinajstić information content (AvgIpc) is 3.28. The number of aliphatic hydroxyl groups excluding tert-OH is 1. The van der Waals surface area contributed by atoms with E-state index in [1.165, 1.54) is 5.48 Å². The fraction of sp³-hybridized carbons (Fsp3) is 0.217. The molecule has 0 aliphatic carbocycles. The van der Waals surface area contributed by atoms with Gasteiger partial charge in [0.05, 0.1) is 18.8 Å². The minimum atomic E-state index is -1.64. The number of hydroxylamine groups is 1. The summed E-state index contributed by atoms with van der Waals surface area (Å²) in [6.45, 7) is 0.219. The molecule has 3 rings (SSSR count). The summed E-state index contributed by atoms with van der Waals surface area (Å²) >= 11 is 0. The van der Waals surface area contributed by atoms with Crippen LogP contribution in [0.3, 0.4) is 0 Å². The molecule has 11 heteroatoms. The number of hydrogen-bond donors (Lipinski definition) is 5. The first kappa shape index (κ1) is 24.4. The van der Waals surface area contributed by atoms with Gasteiger partial charge in [0, 0.05) is 18.8 Å². The van der Waals surface area contributed by atoms with Crippen molar-refractivity contribution in [2.75, 3.05) is 13.2 Å². The van der Waals surface area contributed by atoms with Crippen LogP contribution < -0.4 is 20.9 Å². The Morgan fingerprint density at radius 3 is 2.21 bits per heavy atom. The zero-order valence-corrected chi connectivity index (χ0v) is 18.4. The Kier molecular flexibility index (Phi) is 8.32. The van der Waals surface area contributed by atoms with E-state index in [9.17, 15) is 14.4 Å². The predicted molar refractivity (Wildman–Crippen MR) is 121 cm³/mol. The molecule has 1 atom stereocenters. The van der Waals surface area contributed by atoms with Crippen molar-refractivity contribution in [3.05, 3.63) is 72.1 Å². The predicted octanol–water partition coefficient (Wildman–Crippen LogP) is 0.378. The van der Waals surface area contributed by atoms with Gasteiger partial charge in [0.2, 0.25) is 0 Å². The third-order valence-corrected chi connectivity index (χ3v) is 4.97. The second kappa shape index (κ2) is 11.6. The fourth-order valence-corrected chi connectivity index (χ4v) is 3.10. The van der Waals surface area contributed by atoms with Crippen molar-refractivity contribution >= 4 is 17.7 Å². The highest BCUT2D eigenvalue weighted by atomic mass is 16.5. The third kappa shape index (κ3) is 6.18. The molecule has 0 aliphatic rings. The van der Waals surface area contributed by atoms with Crippen LogP contribution in [0, 0.1) is 0 Å². The number of rotatable bonds is 10. The van der Waals surface area contributed by atoms with E-state index in [0.29, 0.717) is 11.4 Å². The van der Waals surface area contributed by atoms with E-state index in [-0.39, 0.29) is 25.3 Å². The number of aryl methyl sites for hydroxylation is 1. The lowest BCUT2D eigenvalue weighted by molar-refractivity contribution is -0.137. The van der Waals surface area contributed by atoms with Crippen molar-refractivity contribution in [3.63, 3.8) is 0 Å². The second-order valence-corrected chi connectivity index (χ2v) is 7.22. The van der Waals surface area contributed by atoms with E-state index in [4.69, 9.17) is 15.1 Å². The van der Waals surface area contributed by atoms with Gasteiger partial charge in [-0.05, 0) is 41.5 Å². The summed E-state index contributed by atoms with van der Waals surface area (Å²) in [4.78, 5) is 37.2. The van der Waals surface area contributed by atoms with E-state index in [2.05, 4.69) is 15.7 Å². The first-order valence-corrected chi connectivity index (χ1v) is 10.4. The van der Waals surface area contributed by atoms with Gasteiger partial charge < -0.3 is 20.5 Å². The molecular formula is C23H25N5O6. The molecular weight excluding hydrogens is 442 g/mol. The van der Waals surface area contributed by atoms with Gasteiger partial charge in [0.15, 0.2) is 6.04 Å². The number of carbonyl (C=O) groups is 3. The van der Waals surface area contributed by atoms with Crippen LogP contribution in [-0.4, -0.2) is 57.1 Å². The highest BCUT2D eigenvalue weighted by molar-refractivity contribution is 6.08. The molecule has 0 saturated heterocycles. The third-order valence-electron chi connectivity index (χ3n) is 4.97. The van der Waals surface area contributed by atoms with Gasteiger partial charge in [-0.15, -0.1) is 0 Å². The number of aromatic nitrogens is 2. The van der Waals surface area contributed by atoms with Crippen LogP contribution in [0.2, 0.25) is 0 Å². The first-order valence-electron chi connectivity index (χ1n) is 10.4. The van der Waals surface area contributed by atoms with E-state index in [0.717, 1.165) is 11.1 Å². The Labute approximate surface area is 195 Å². The number of aliphatic hydroxyl groups is 1. The summed E-state index contributed by atoms with van der Waals surface area (Å²) in [5.41, 5.74) is 4.03. The Hall–Kier alpha value is -4.22. The number of carbonyl (C=O) groups excluding carboxylic acids is 3. The van der Waals surface area contributed by atoms with Crippen molar-refractivity contribution in [3.8, 4) is 16.9 Å². The molecule has 0 radical (unpaired) electrons. The zero-order chi connectivity index (χ0) is 24.5. The average molecular weight is 467 g/mol. The lowest BCUT2D eigenvalue weighted by Gasteiger charge is -2.17. The maximum Gasteiger partial charge on any atom is 0.275 e. The first-order chi connectivity index (χ1) is 16.4. The van der Waals surface area contributed by atoms with E-state index in [1.807, 2.05) is 12.1 Å². The molecule has 0 aliphatic heterocycles. The Morgan fingerprint density at radius 1 is 1.00 bits per heavy atom. The Balaban J connectivity index is 1.65. The molecule has 2 aromatic carbocycles. The van der Waals surface area contributed by atoms with Crippen LogP contribution >= 0.6 is 0 Å². The molecule has 0 fully saturated rings. The van der Waals surface area contributed by atoms with Gasteiger partial charge in [0.1, 0.15) is 12.4 Å². The minimum absolute atomic E-state index is 0.0713. The topological polar surface area (TPSA) is 155 Å². The van der Waals surface area contributed by atoms with Gasteiger partial charge in [-0.2, -0.15) is 5.10 Å². The maximum atomic E-state index is 12.7. The normalized spacial score (nSPS) is 11.4. The van der Waals surface area contributed by atoms with Crippen LogP contribution in [0.1, 0.15) is 16.1 Å². The summed E-state index contributed by atoms with van der Waals surface area (Å²) in [6, 6.07) is 13.8. The molecule has 0 saturated carbocycles. The Bertz CT molecular complexity index is 1130. The van der Waals surface area contributed by atoms with Crippen molar-refractivity contribution in [2.45, 2.75) is 12.6 Å². The lowest BCUT2D eigenvalue weighted by Crippen LogP contribution is -2.54. The largest absolute Gasteiger partial charge is 0.491 e. The smallest absolute Gasteiger partial charge is 0.275 e. The van der Waals surface area contributed by atoms with Gasteiger partial charge in [-0.3, -0.25) is 24.3 Å². The van der Waals surface area contributed by atoms with E-state index < -0.39 is 23.8 Å². The maximum absolute atomic E-state index is 12.7. The SMILES string of the molecule is Cn1nccc1CNC(=O)C(NC(=O)c1ccc(-c2ccc(OCCO)cc2)cc1)C(=O)NO. The van der Waals surface area contributed by atoms with Crippen LogP contribution in [-0.2, 0) is 23.2 Å². The van der Waals surface area contributed by atoms with Crippen molar-refractivity contribution in [1.82, 2.24) is 25.9 Å². The van der Waals surface area contributed by atoms with E-state index in [1.54, 1.807) is 60.4 Å². The summed E-state index contributed by atoms with van der Waals surface area (Å²) in [5.74, 6) is -1.90. The van der Waals surface area contributed by atoms with Crippen LogP contribution in [0.4, 0.5) is 0 Å². The second-order valence-electron chi connectivity index (χ2n) is 7.22. The molecule has 1 heterocycles. The quantitative estimate of drug-likeness (QED) is 0.164. The molecule has 1 unspecified atom stereocenters. The summed E-state index contributed by atoms with van der Waals surface area (Å²) in [6.07, 6.45) is 1.56. The van der Waals surface area contributed by atoms with Gasteiger partial charge in [-0.25, -0.2) is 5.48 Å². The summed E-state index contributed by atoms with van der Waals surface area (Å²) < 4.78 is 6.89. The molecule has 0 bridgehead atoms. The minimum Gasteiger partial charge on any atom is -0.491 e. The number of nitrogens with zero attached hydrogens (tertiary/aromatic N) is 2. The zero-order valence-electron chi connectivity index (χ0n) is 18.4. The number of benzene rings is 2. The highest BCUT2D eigenvalue weighted by Gasteiger charge is 2.28. The number of ether oxygens (including phenoxy) is 1. The molecule has 5 N–H and O–H groups in total. The summed E-state index contributed by atoms with van der Waals surface area (Å²) in [5, 5.41) is 26.7. The van der Waals surface area contributed by atoms with E-state index >= 15 is 0 Å². The molecule has 34 heavy (non-hydrogen) atoms. The molecule has 11 nitrogen and oxygen atoms in total. The number of hydrogen-bond acceptors (Lipinski definition) is 7. The fourth-order valence-electron chi connectivity index (χ4n) is 3.10. The molecule has 178 valence electrons. The lowest BCUT2D eigenvalue weighted by atomic mass is 10.0.